The number of rotatable bonds is 4. The summed E-state index contributed by atoms with van der Waals surface area (Å²) in [5.41, 5.74) is -0.263. The van der Waals surface area contributed by atoms with Crippen LogP contribution >= 0.6 is 11.3 Å². The Bertz CT molecular complexity index is 970. The number of ether oxygens (including phenoxy) is 2. The normalized spacial score (nSPS) is 11.6. The SMILES string of the molecule is CCOC(=O)c1sc2ncnc(Oc3cccc(C(F)(F)F)c3)c2c1C. The van der Waals surface area contributed by atoms with Crippen LogP contribution in [0.5, 0.6) is 11.6 Å². The summed E-state index contributed by atoms with van der Waals surface area (Å²) >= 11 is 1.12. The summed E-state index contributed by atoms with van der Waals surface area (Å²) in [7, 11) is 0. The Kier molecular flexibility index (Phi) is 4.82. The van der Waals surface area contributed by atoms with Crippen LogP contribution in [0.2, 0.25) is 0 Å². The lowest BCUT2D eigenvalue weighted by molar-refractivity contribution is -0.137. The number of aryl methyl sites for hydroxylation is 1. The molecule has 0 spiro atoms. The standard InChI is InChI=1S/C17H13F3N2O3S/c1-3-24-16(23)13-9(2)12-14(21-8-22-15(12)26-13)25-11-6-4-5-10(7-11)17(18,19)20/h4-8H,3H2,1-2H3. The van der Waals surface area contributed by atoms with Crippen LogP contribution in [0.1, 0.15) is 27.7 Å². The van der Waals surface area contributed by atoms with Gasteiger partial charge in [-0.1, -0.05) is 6.07 Å². The van der Waals surface area contributed by atoms with Gasteiger partial charge in [-0.05, 0) is 37.6 Å². The molecule has 3 aromatic rings. The quantitative estimate of drug-likeness (QED) is 0.595. The minimum Gasteiger partial charge on any atom is -0.462 e. The molecule has 136 valence electrons. The van der Waals surface area contributed by atoms with Crippen molar-refractivity contribution in [2.24, 2.45) is 0 Å². The maximum Gasteiger partial charge on any atom is 0.416 e. The third kappa shape index (κ3) is 3.48. The molecule has 0 unspecified atom stereocenters. The number of benzene rings is 1. The van der Waals surface area contributed by atoms with Crippen LogP contribution in [-0.2, 0) is 10.9 Å². The van der Waals surface area contributed by atoms with Crippen molar-refractivity contribution in [2.75, 3.05) is 6.61 Å². The Hall–Kier alpha value is -2.68. The van der Waals surface area contributed by atoms with Crippen molar-refractivity contribution in [3.63, 3.8) is 0 Å². The topological polar surface area (TPSA) is 61.3 Å². The molecule has 0 amide bonds. The monoisotopic (exact) mass is 382 g/mol. The molecule has 0 aliphatic heterocycles. The van der Waals surface area contributed by atoms with Crippen LogP contribution in [0.25, 0.3) is 10.2 Å². The van der Waals surface area contributed by atoms with E-state index in [0.717, 1.165) is 23.5 Å². The van der Waals surface area contributed by atoms with Gasteiger partial charge in [0, 0.05) is 0 Å². The Labute approximate surface area is 150 Å². The third-order valence-corrected chi connectivity index (χ3v) is 4.71. The van der Waals surface area contributed by atoms with Crippen molar-refractivity contribution in [2.45, 2.75) is 20.0 Å². The van der Waals surface area contributed by atoms with E-state index in [1.54, 1.807) is 13.8 Å². The molecule has 0 atom stereocenters. The van der Waals surface area contributed by atoms with E-state index in [2.05, 4.69) is 9.97 Å². The minimum absolute atomic E-state index is 0.0110. The number of esters is 1. The highest BCUT2D eigenvalue weighted by molar-refractivity contribution is 7.20. The number of aromatic nitrogens is 2. The number of carbonyl (C=O) groups excluding carboxylic acids is 1. The summed E-state index contributed by atoms with van der Waals surface area (Å²) in [6.45, 7) is 3.61. The van der Waals surface area contributed by atoms with Gasteiger partial charge in [-0.3, -0.25) is 0 Å². The molecule has 1 aromatic carbocycles. The molecule has 0 aliphatic carbocycles. The van der Waals surface area contributed by atoms with E-state index in [-0.39, 0.29) is 18.2 Å². The number of nitrogens with zero attached hydrogens (tertiary/aromatic N) is 2. The van der Waals surface area contributed by atoms with Gasteiger partial charge in [0.1, 0.15) is 21.8 Å². The van der Waals surface area contributed by atoms with Gasteiger partial charge >= 0.3 is 12.1 Å². The maximum atomic E-state index is 12.9. The van der Waals surface area contributed by atoms with Gasteiger partial charge < -0.3 is 9.47 Å². The zero-order valence-electron chi connectivity index (χ0n) is 13.8. The molecule has 3 rings (SSSR count). The fourth-order valence-electron chi connectivity index (χ4n) is 2.36. The van der Waals surface area contributed by atoms with Crippen LogP contribution in [0, 0.1) is 6.92 Å². The third-order valence-electron chi connectivity index (χ3n) is 3.53. The Morgan fingerprint density at radius 3 is 2.73 bits per heavy atom. The van der Waals surface area contributed by atoms with Gasteiger partial charge in [-0.2, -0.15) is 13.2 Å². The van der Waals surface area contributed by atoms with Gasteiger partial charge in [0.15, 0.2) is 0 Å². The van der Waals surface area contributed by atoms with E-state index >= 15 is 0 Å². The summed E-state index contributed by atoms with van der Waals surface area (Å²) in [6, 6.07) is 4.50. The lowest BCUT2D eigenvalue weighted by Gasteiger charge is -2.10. The van der Waals surface area contributed by atoms with Gasteiger partial charge in [0.25, 0.3) is 0 Å². The largest absolute Gasteiger partial charge is 0.462 e. The molecular weight excluding hydrogens is 369 g/mol. The zero-order valence-corrected chi connectivity index (χ0v) is 14.6. The number of hydrogen-bond donors (Lipinski definition) is 0. The Morgan fingerprint density at radius 1 is 1.27 bits per heavy atom. The van der Waals surface area contributed by atoms with E-state index in [0.29, 0.717) is 20.7 Å². The fraction of sp³-hybridized carbons (Fsp3) is 0.235. The number of halogens is 3. The van der Waals surface area contributed by atoms with Gasteiger partial charge in [-0.25, -0.2) is 14.8 Å². The van der Waals surface area contributed by atoms with Crippen molar-refractivity contribution >= 4 is 27.5 Å². The van der Waals surface area contributed by atoms with E-state index in [1.807, 2.05) is 0 Å². The van der Waals surface area contributed by atoms with Crippen molar-refractivity contribution in [1.29, 1.82) is 0 Å². The second-order valence-corrected chi connectivity index (χ2v) is 6.26. The van der Waals surface area contributed by atoms with Gasteiger partial charge in [-0.15, -0.1) is 11.3 Å². The first-order valence-corrected chi connectivity index (χ1v) is 8.39. The molecule has 5 nitrogen and oxygen atoms in total. The highest BCUT2D eigenvalue weighted by Gasteiger charge is 2.31. The Balaban J connectivity index is 2.02. The molecule has 0 saturated carbocycles. The maximum absolute atomic E-state index is 12.9. The zero-order chi connectivity index (χ0) is 18.9. The molecule has 2 aromatic heterocycles. The number of alkyl halides is 3. The summed E-state index contributed by atoms with van der Waals surface area (Å²) in [5.74, 6) is -0.417. The molecule has 0 radical (unpaired) electrons. The van der Waals surface area contributed by atoms with Crippen LogP contribution in [0.3, 0.4) is 0 Å². The van der Waals surface area contributed by atoms with E-state index in [1.165, 1.54) is 18.5 Å². The fourth-order valence-corrected chi connectivity index (χ4v) is 3.39. The predicted octanol–water partition coefficient (Wildman–Crippen LogP) is 4.99. The Morgan fingerprint density at radius 2 is 2.04 bits per heavy atom. The number of thiophene rings is 1. The first-order valence-electron chi connectivity index (χ1n) is 7.57. The summed E-state index contributed by atoms with van der Waals surface area (Å²) in [6.07, 6.45) is -3.24. The predicted molar refractivity (Wildman–Crippen MR) is 89.6 cm³/mol. The van der Waals surface area contributed by atoms with Crippen LogP contribution in [-0.4, -0.2) is 22.5 Å². The van der Waals surface area contributed by atoms with Crippen LogP contribution in [0.4, 0.5) is 13.2 Å². The van der Waals surface area contributed by atoms with Crippen LogP contribution in [0.15, 0.2) is 30.6 Å². The lowest BCUT2D eigenvalue weighted by atomic mass is 10.2. The molecule has 26 heavy (non-hydrogen) atoms. The van der Waals surface area contributed by atoms with Gasteiger partial charge in [0.05, 0.1) is 17.6 Å². The molecule has 0 saturated heterocycles. The number of carbonyl (C=O) groups is 1. The van der Waals surface area contributed by atoms with Crippen molar-refractivity contribution in [1.82, 2.24) is 9.97 Å². The molecule has 0 fully saturated rings. The highest BCUT2D eigenvalue weighted by atomic mass is 32.1. The smallest absolute Gasteiger partial charge is 0.416 e. The minimum atomic E-state index is -4.48. The molecule has 2 heterocycles. The second kappa shape index (κ2) is 6.91. The highest BCUT2D eigenvalue weighted by Crippen LogP contribution is 2.38. The van der Waals surface area contributed by atoms with E-state index < -0.39 is 17.7 Å². The number of hydrogen-bond acceptors (Lipinski definition) is 6. The molecule has 0 N–H and O–H groups in total. The molecule has 0 aliphatic rings. The van der Waals surface area contributed by atoms with Gasteiger partial charge in [0.2, 0.25) is 5.88 Å². The number of fused-ring (bicyclic) bond motifs is 1. The molecule has 9 heteroatoms. The molecular formula is C17H13F3N2O3S. The van der Waals surface area contributed by atoms with E-state index in [4.69, 9.17) is 9.47 Å². The molecule has 0 bridgehead atoms. The van der Waals surface area contributed by atoms with Crippen molar-refractivity contribution in [3.05, 3.63) is 46.6 Å². The summed E-state index contributed by atoms with van der Waals surface area (Å²) in [5, 5.41) is 0.470. The average molecular weight is 382 g/mol. The van der Waals surface area contributed by atoms with Crippen molar-refractivity contribution < 1.29 is 27.4 Å². The van der Waals surface area contributed by atoms with Crippen LogP contribution < -0.4 is 4.74 Å². The summed E-state index contributed by atoms with van der Waals surface area (Å²) < 4.78 is 49.1. The first-order chi connectivity index (χ1) is 12.3. The lowest BCUT2D eigenvalue weighted by Crippen LogP contribution is -2.04. The average Bonchev–Trinajstić information content (AvgIpc) is 2.93. The first kappa shape index (κ1) is 18.1. The van der Waals surface area contributed by atoms with Crippen molar-refractivity contribution in [3.8, 4) is 11.6 Å². The summed E-state index contributed by atoms with van der Waals surface area (Å²) in [4.78, 5) is 21.0. The van der Waals surface area contributed by atoms with E-state index in [9.17, 15) is 18.0 Å². The second-order valence-electron chi connectivity index (χ2n) is 5.26.